The van der Waals surface area contributed by atoms with Crippen LogP contribution in [0.4, 0.5) is 0 Å². The minimum Gasteiger partial charge on any atom is -0.342 e. The van der Waals surface area contributed by atoms with Crippen molar-refractivity contribution < 1.29 is 9.59 Å². The van der Waals surface area contributed by atoms with E-state index in [0.29, 0.717) is 0 Å². The second-order valence-electron chi connectivity index (χ2n) is 5.68. The van der Waals surface area contributed by atoms with Gasteiger partial charge >= 0.3 is 0 Å². The summed E-state index contributed by atoms with van der Waals surface area (Å²) in [5, 5.41) is 5.64. The molecule has 3 unspecified atom stereocenters. The average Bonchev–Trinajstić information content (AvgIpc) is 2.18. The first kappa shape index (κ1) is 13.0. The lowest BCUT2D eigenvalue weighted by Crippen LogP contribution is -2.66. The first-order valence-corrected chi connectivity index (χ1v) is 5.88. The zero-order valence-corrected chi connectivity index (χ0v) is 10.8. The molecule has 0 spiro atoms. The summed E-state index contributed by atoms with van der Waals surface area (Å²) in [7, 11) is 0. The maximum atomic E-state index is 11.9. The van der Waals surface area contributed by atoms with E-state index < -0.39 is 6.04 Å². The topological polar surface area (TPSA) is 58.2 Å². The Labute approximate surface area is 97.2 Å². The number of amides is 2. The van der Waals surface area contributed by atoms with Gasteiger partial charge in [-0.05, 0) is 11.3 Å². The van der Waals surface area contributed by atoms with Crippen molar-refractivity contribution >= 4 is 11.8 Å². The van der Waals surface area contributed by atoms with Crippen LogP contribution in [0, 0.1) is 11.3 Å². The molecule has 1 aliphatic heterocycles. The lowest BCUT2D eigenvalue weighted by molar-refractivity contribution is -0.140. The molecule has 1 aliphatic rings. The van der Waals surface area contributed by atoms with Gasteiger partial charge in [0.1, 0.15) is 12.1 Å². The second kappa shape index (κ2) is 4.44. The Kier molecular flexibility index (Phi) is 3.61. The summed E-state index contributed by atoms with van der Waals surface area (Å²) in [6.45, 7) is 9.82. The van der Waals surface area contributed by atoms with Gasteiger partial charge in [0, 0.05) is 0 Å². The Morgan fingerprint density at radius 2 is 1.75 bits per heavy atom. The van der Waals surface area contributed by atoms with Gasteiger partial charge in [0.2, 0.25) is 11.8 Å². The predicted molar refractivity (Wildman–Crippen MR) is 62.8 cm³/mol. The van der Waals surface area contributed by atoms with Gasteiger partial charge in [-0.2, -0.15) is 0 Å². The average molecular weight is 226 g/mol. The SMILES string of the molecule is CCC(C)C1NC(=O)C(C(C)(C)C)NC1=O. The fourth-order valence-electron chi connectivity index (χ4n) is 1.85. The zero-order chi connectivity index (χ0) is 12.5. The number of rotatable bonds is 2. The van der Waals surface area contributed by atoms with Gasteiger partial charge in [-0.3, -0.25) is 9.59 Å². The normalized spacial score (nSPS) is 28.3. The highest BCUT2D eigenvalue weighted by Crippen LogP contribution is 2.23. The van der Waals surface area contributed by atoms with Crippen LogP contribution in [0.3, 0.4) is 0 Å². The predicted octanol–water partition coefficient (Wildman–Crippen LogP) is 1.06. The quantitative estimate of drug-likeness (QED) is 0.739. The first-order valence-electron chi connectivity index (χ1n) is 5.88. The minimum atomic E-state index is -0.430. The van der Waals surface area contributed by atoms with Crippen LogP contribution >= 0.6 is 0 Å². The van der Waals surface area contributed by atoms with E-state index in [4.69, 9.17) is 0 Å². The van der Waals surface area contributed by atoms with E-state index in [9.17, 15) is 9.59 Å². The van der Waals surface area contributed by atoms with Crippen LogP contribution in [0.15, 0.2) is 0 Å². The Hall–Kier alpha value is -1.06. The highest BCUT2D eigenvalue weighted by molar-refractivity contribution is 5.97. The van der Waals surface area contributed by atoms with Gasteiger partial charge in [-0.15, -0.1) is 0 Å². The molecule has 4 heteroatoms. The van der Waals surface area contributed by atoms with E-state index >= 15 is 0 Å². The largest absolute Gasteiger partial charge is 0.342 e. The number of nitrogens with one attached hydrogen (secondary N) is 2. The van der Waals surface area contributed by atoms with Crippen LogP contribution < -0.4 is 10.6 Å². The van der Waals surface area contributed by atoms with Crippen molar-refractivity contribution in [3.8, 4) is 0 Å². The second-order valence-corrected chi connectivity index (χ2v) is 5.68. The highest BCUT2D eigenvalue weighted by atomic mass is 16.2. The molecule has 3 atom stereocenters. The minimum absolute atomic E-state index is 0.0612. The molecule has 2 N–H and O–H groups in total. The van der Waals surface area contributed by atoms with Gasteiger partial charge in [0.05, 0.1) is 0 Å². The summed E-state index contributed by atoms with van der Waals surface area (Å²) < 4.78 is 0. The summed E-state index contributed by atoms with van der Waals surface area (Å²) >= 11 is 0. The molecule has 0 aromatic heterocycles. The lowest BCUT2D eigenvalue weighted by Gasteiger charge is -2.38. The van der Waals surface area contributed by atoms with Crippen molar-refractivity contribution in [2.75, 3.05) is 0 Å². The third-order valence-electron chi connectivity index (χ3n) is 3.21. The molecule has 1 rings (SSSR count). The van der Waals surface area contributed by atoms with Crippen LogP contribution in [-0.4, -0.2) is 23.9 Å². The van der Waals surface area contributed by atoms with Crippen molar-refractivity contribution in [3.63, 3.8) is 0 Å². The molecule has 0 saturated carbocycles. The van der Waals surface area contributed by atoms with Crippen molar-refractivity contribution in [2.24, 2.45) is 11.3 Å². The first-order chi connectivity index (χ1) is 7.27. The summed E-state index contributed by atoms with van der Waals surface area (Å²) in [6, 6.07) is -0.809. The molecule has 0 aliphatic carbocycles. The Morgan fingerprint density at radius 3 is 2.19 bits per heavy atom. The van der Waals surface area contributed by atoms with Gasteiger partial charge in [-0.25, -0.2) is 0 Å². The van der Waals surface area contributed by atoms with Crippen molar-refractivity contribution in [3.05, 3.63) is 0 Å². The van der Waals surface area contributed by atoms with E-state index in [0.717, 1.165) is 6.42 Å². The molecule has 2 amide bonds. The van der Waals surface area contributed by atoms with Gasteiger partial charge in [0.15, 0.2) is 0 Å². The van der Waals surface area contributed by atoms with Crippen LogP contribution in [0.25, 0.3) is 0 Å². The van der Waals surface area contributed by atoms with Crippen molar-refractivity contribution in [1.29, 1.82) is 0 Å². The van der Waals surface area contributed by atoms with Gasteiger partial charge < -0.3 is 10.6 Å². The molecule has 0 aromatic rings. The fourth-order valence-corrected chi connectivity index (χ4v) is 1.85. The number of carbonyl (C=O) groups excluding carboxylic acids is 2. The third-order valence-corrected chi connectivity index (χ3v) is 3.21. The summed E-state index contributed by atoms with van der Waals surface area (Å²) in [4.78, 5) is 23.8. The fraction of sp³-hybridized carbons (Fsp3) is 0.833. The van der Waals surface area contributed by atoms with Crippen molar-refractivity contribution in [1.82, 2.24) is 10.6 Å². The van der Waals surface area contributed by atoms with Crippen molar-refractivity contribution in [2.45, 2.75) is 53.1 Å². The van der Waals surface area contributed by atoms with Crippen LogP contribution in [-0.2, 0) is 9.59 Å². The molecule has 92 valence electrons. The van der Waals surface area contributed by atoms with E-state index in [1.165, 1.54) is 0 Å². The molecule has 16 heavy (non-hydrogen) atoms. The number of hydrogen-bond donors (Lipinski definition) is 2. The molecule has 0 radical (unpaired) electrons. The number of carbonyl (C=O) groups is 2. The molecule has 0 aromatic carbocycles. The maximum absolute atomic E-state index is 11.9. The molecule has 4 nitrogen and oxygen atoms in total. The molecule has 1 saturated heterocycles. The van der Waals surface area contributed by atoms with Crippen LogP contribution in [0.2, 0.25) is 0 Å². The van der Waals surface area contributed by atoms with E-state index in [2.05, 4.69) is 10.6 Å². The van der Waals surface area contributed by atoms with E-state index in [1.807, 2.05) is 34.6 Å². The smallest absolute Gasteiger partial charge is 0.243 e. The monoisotopic (exact) mass is 226 g/mol. The van der Waals surface area contributed by atoms with Gasteiger partial charge in [0.25, 0.3) is 0 Å². The Bertz CT molecular complexity index is 294. The standard InChI is InChI=1S/C12H22N2O2/c1-6-7(2)8-10(15)14-9(11(16)13-8)12(3,4)5/h7-9H,6H2,1-5H3,(H,13,16)(H,14,15). The molecular formula is C12H22N2O2. The number of piperazine rings is 1. The van der Waals surface area contributed by atoms with E-state index in [1.54, 1.807) is 0 Å². The highest BCUT2D eigenvalue weighted by Gasteiger charge is 2.41. The van der Waals surface area contributed by atoms with Crippen LogP contribution in [0.1, 0.15) is 41.0 Å². The lowest BCUT2D eigenvalue weighted by atomic mass is 9.83. The Balaban J connectivity index is 2.79. The third kappa shape index (κ3) is 2.54. The molecule has 1 heterocycles. The summed E-state index contributed by atoms with van der Waals surface area (Å²) in [6.07, 6.45) is 0.874. The van der Waals surface area contributed by atoms with Crippen LogP contribution in [0.5, 0.6) is 0 Å². The molecule has 0 bridgehead atoms. The number of hydrogen-bond acceptors (Lipinski definition) is 2. The molecule has 1 fully saturated rings. The Morgan fingerprint density at radius 1 is 1.19 bits per heavy atom. The van der Waals surface area contributed by atoms with E-state index in [-0.39, 0.29) is 29.2 Å². The maximum Gasteiger partial charge on any atom is 0.243 e. The zero-order valence-electron chi connectivity index (χ0n) is 10.8. The summed E-state index contributed by atoms with van der Waals surface area (Å²) in [5.41, 5.74) is -0.250. The summed E-state index contributed by atoms with van der Waals surface area (Å²) in [5.74, 6) is 0.0381. The van der Waals surface area contributed by atoms with Gasteiger partial charge in [-0.1, -0.05) is 41.0 Å². The molecular weight excluding hydrogens is 204 g/mol.